The molecule has 21 heavy (non-hydrogen) atoms. The fraction of sp³-hybridized carbons (Fsp3) is 0.385. The average Bonchev–Trinajstić information content (AvgIpc) is 3.08. The Morgan fingerprint density at radius 2 is 2.10 bits per heavy atom. The molecule has 0 aliphatic rings. The van der Waals surface area contributed by atoms with E-state index in [4.69, 9.17) is 16.7 Å². The van der Waals surface area contributed by atoms with E-state index in [-0.39, 0.29) is 16.7 Å². The first kappa shape index (κ1) is 16.9. The van der Waals surface area contributed by atoms with Crippen molar-refractivity contribution in [2.24, 2.45) is 0 Å². The number of hydrogen-bond donors (Lipinski definition) is 2. The van der Waals surface area contributed by atoms with Crippen molar-refractivity contribution in [3.05, 3.63) is 38.9 Å². The number of aliphatic hydroxyl groups excluding tert-OH is 1. The van der Waals surface area contributed by atoms with Crippen molar-refractivity contribution >= 4 is 44.3 Å². The minimum atomic E-state index is -3.49. The highest BCUT2D eigenvalue weighted by Crippen LogP contribution is 2.28. The SMILES string of the molecule is O=S(=O)(NCC[C@@H](CCO)c1cccs1)c1ccc(Cl)s1. The molecule has 0 amide bonds. The van der Waals surface area contributed by atoms with Gasteiger partial charge in [-0.15, -0.1) is 22.7 Å². The fourth-order valence-electron chi connectivity index (χ4n) is 1.99. The highest BCUT2D eigenvalue weighted by molar-refractivity contribution is 7.91. The van der Waals surface area contributed by atoms with Crippen molar-refractivity contribution in [1.29, 1.82) is 0 Å². The summed E-state index contributed by atoms with van der Waals surface area (Å²) in [6, 6.07) is 7.04. The number of halogens is 1. The standard InChI is InChI=1S/C13H16ClNO3S3/c14-12-3-4-13(20-12)21(17,18)15-7-5-10(6-8-16)11-2-1-9-19-11/h1-4,9-10,15-16H,5-8H2/t10-/m0/s1. The summed E-state index contributed by atoms with van der Waals surface area (Å²) in [5, 5.41) is 11.1. The minimum absolute atomic E-state index is 0.0931. The lowest BCUT2D eigenvalue weighted by atomic mass is 10.0. The van der Waals surface area contributed by atoms with E-state index in [1.807, 2.05) is 17.5 Å². The van der Waals surface area contributed by atoms with Crippen molar-refractivity contribution in [3.8, 4) is 0 Å². The molecular formula is C13H16ClNO3S3. The molecular weight excluding hydrogens is 350 g/mol. The maximum Gasteiger partial charge on any atom is 0.250 e. The van der Waals surface area contributed by atoms with Crippen LogP contribution in [0.15, 0.2) is 33.9 Å². The van der Waals surface area contributed by atoms with Crippen LogP contribution in [0.1, 0.15) is 23.6 Å². The molecule has 2 aromatic heterocycles. The fourth-order valence-corrected chi connectivity index (χ4v) is 5.46. The summed E-state index contributed by atoms with van der Waals surface area (Å²) in [7, 11) is -3.49. The molecule has 8 heteroatoms. The zero-order chi connectivity index (χ0) is 15.3. The quantitative estimate of drug-likeness (QED) is 0.754. The van der Waals surface area contributed by atoms with E-state index in [1.165, 1.54) is 10.9 Å². The smallest absolute Gasteiger partial charge is 0.250 e. The van der Waals surface area contributed by atoms with Gasteiger partial charge in [0, 0.05) is 18.0 Å². The van der Waals surface area contributed by atoms with Gasteiger partial charge in [-0.25, -0.2) is 13.1 Å². The molecule has 2 rings (SSSR count). The Kier molecular flexibility index (Phi) is 6.21. The molecule has 0 fully saturated rings. The van der Waals surface area contributed by atoms with Crippen LogP contribution in [0, 0.1) is 0 Å². The second-order valence-electron chi connectivity index (χ2n) is 4.47. The maximum atomic E-state index is 12.1. The minimum Gasteiger partial charge on any atom is -0.396 e. The van der Waals surface area contributed by atoms with Crippen LogP contribution in [0.4, 0.5) is 0 Å². The maximum absolute atomic E-state index is 12.1. The van der Waals surface area contributed by atoms with Crippen LogP contribution in [0.2, 0.25) is 4.34 Å². The molecule has 0 unspecified atom stereocenters. The number of sulfonamides is 1. The molecule has 0 bridgehead atoms. The number of aliphatic hydroxyl groups is 1. The third kappa shape index (κ3) is 4.77. The highest BCUT2D eigenvalue weighted by Gasteiger charge is 2.18. The summed E-state index contributed by atoms with van der Waals surface area (Å²) in [6.07, 6.45) is 1.28. The van der Waals surface area contributed by atoms with Gasteiger partial charge in [-0.1, -0.05) is 17.7 Å². The zero-order valence-electron chi connectivity index (χ0n) is 11.2. The Bertz CT molecular complexity index is 652. The predicted octanol–water partition coefficient (Wildman–Crippen LogP) is 3.30. The number of hydrogen-bond acceptors (Lipinski definition) is 5. The van der Waals surface area contributed by atoms with Gasteiger partial charge in [-0.2, -0.15) is 0 Å². The lowest BCUT2D eigenvalue weighted by molar-refractivity contribution is 0.273. The number of nitrogens with one attached hydrogen (secondary N) is 1. The molecule has 0 aromatic carbocycles. The topological polar surface area (TPSA) is 66.4 Å². The van der Waals surface area contributed by atoms with Gasteiger partial charge < -0.3 is 5.11 Å². The van der Waals surface area contributed by atoms with Gasteiger partial charge in [-0.3, -0.25) is 0 Å². The first-order valence-electron chi connectivity index (χ1n) is 6.42. The van der Waals surface area contributed by atoms with Crippen LogP contribution >= 0.6 is 34.3 Å². The van der Waals surface area contributed by atoms with Gasteiger partial charge in [0.1, 0.15) is 4.21 Å². The Balaban J connectivity index is 1.93. The summed E-state index contributed by atoms with van der Waals surface area (Å²) >= 11 is 8.42. The molecule has 2 N–H and O–H groups in total. The Labute approximate surface area is 137 Å². The summed E-state index contributed by atoms with van der Waals surface area (Å²) < 4.78 is 27.4. The molecule has 0 saturated carbocycles. The van der Waals surface area contributed by atoms with E-state index >= 15 is 0 Å². The molecule has 0 aliphatic carbocycles. The van der Waals surface area contributed by atoms with Crippen LogP contribution in [0.5, 0.6) is 0 Å². The summed E-state index contributed by atoms with van der Waals surface area (Å²) in [6.45, 7) is 0.427. The second-order valence-corrected chi connectivity index (χ2v) is 9.16. The van der Waals surface area contributed by atoms with E-state index in [0.29, 0.717) is 23.7 Å². The lowest BCUT2D eigenvalue weighted by Gasteiger charge is -2.14. The third-order valence-corrected chi connectivity index (χ3v) is 7.24. The van der Waals surface area contributed by atoms with E-state index in [2.05, 4.69) is 4.72 Å². The zero-order valence-corrected chi connectivity index (χ0v) is 14.4. The van der Waals surface area contributed by atoms with Gasteiger partial charge in [0.15, 0.2) is 0 Å². The summed E-state index contributed by atoms with van der Waals surface area (Å²) in [5.74, 6) is 0.171. The van der Waals surface area contributed by atoms with Crippen molar-refractivity contribution in [2.45, 2.75) is 23.0 Å². The van der Waals surface area contributed by atoms with E-state index in [9.17, 15) is 8.42 Å². The van der Waals surface area contributed by atoms with E-state index < -0.39 is 10.0 Å². The molecule has 4 nitrogen and oxygen atoms in total. The molecule has 0 aliphatic heterocycles. The molecule has 0 spiro atoms. The normalized spacial score (nSPS) is 13.4. The van der Waals surface area contributed by atoms with Crippen LogP contribution in [0.3, 0.4) is 0 Å². The largest absolute Gasteiger partial charge is 0.396 e. The molecule has 0 radical (unpaired) electrons. The van der Waals surface area contributed by atoms with Crippen molar-refractivity contribution < 1.29 is 13.5 Å². The van der Waals surface area contributed by atoms with Gasteiger partial charge in [0.2, 0.25) is 10.0 Å². The Morgan fingerprint density at radius 3 is 2.67 bits per heavy atom. The van der Waals surface area contributed by atoms with Gasteiger partial charge >= 0.3 is 0 Å². The van der Waals surface area contributed by atoms with Crippen LogP contribution < -0.4 is 4.72 Å². The molecule has 1 atom stereocenters. The van der Waals surface area contributed by atoms with Crippen LogP contribution in [0.25, 0.3) is 0 Å². The van der Waals surface area contributed by atoms with E-state index in [1.54, 1.807) is 17.4 Å². The lowest BCUT2D eigenvalue weighted by Crippen LogP contribution is -2.25. The van der Waals surface area contributed by atoms with Crippen LogP contribution in [-0.4, -0.2) is 26.7 Å². The number of rotatable bonds is 8. The molecule has 0 saturated heterocycles. The average molecular weight is 366 g/mol. The summed E-state index contributed by atoms with van der Waals surface area (Å²) in [4.78, 5) is 1.17. The van der Waals surface area contributed by atoms with Crippen LogP contribution in [-0.2, 0) is 10.0 Å². The predicted molar refractivity (Wildman–Crippen MR) is 87.9 cm³/mol. The third-order valence-electron chi connectivity index (χ3n) is 3.02. The van der Waals surface area contributed by atoms with Crippen molar-refractivity contribution in [2.75, 3.05) is 13.2 Å². The van der Waals surface area contributed by atoms with Crippen molar-refractivity contribution in [1.82, 2.24) is 4.72 Å². The second kappa shape index (κ2) is 7.71. The Morgan fingerprint density at radius 1 is 1.29 bits per heavy atom. The van der Waals surface area contributed by atoms with E-state index in [0.717, 1.165) is 11.3 Å². The number of thiophene rings is 2. The first-order valence-corrected chi connectivity index (χ1v) is 9.98. The summed E-state index contributed by atoms with van der Waals surface area (Å²) in [5.41, 5.74) is 0. The Hall–Kier alpha value is -0.440. The monoisotopic (exact) mass is 365 g/mol. The highest BCUT2D eigenvalue weighted by atomic mass is 35.5. The van der Waals surface area contributed by atoms with Crippen molar-refractivity contribution in [3.63, 3.8) is 0 Å². The molecule has 116 valence electrons. The van der Waals surface area contributed by atoms with Gasteiger partial charge in [0.25, 0.3) is 0 Å². The molecule has 2 aromatic rings. The van der Waals surface area contributed by atoms with Gasteiger partial charge in [-0.05, 0) is 42.3 Å². The van der Waals surface area contributed by atoms with Gasteiger partial charge in [0.05, 0.1) is 4.34 Å². The first-order chi connectivity index (χ1) is 10.0. The molecule has 2 heterocycles.